The lowest BCUT2D eigenvalue weighted by Crippen LogP contribution is -2.31. The van der Waals surface area contributed by atoms with Gasteiger partial charge < -0.3 is 4.74 Å². The Morgan fingerprint density at radius 1 is 1.12 bits per heavy atom. The van der Waals surface area contributed by atoms with Crippen LogP contribution in [0.15, 0.2) is 22.6 Å². The second-order valence-corrected chi connectivity index (χ2v) is 8.71. The van der Waals surface area contributed by atoms with Crippen molar-refractivity contribution in [3.63, 3.8) is 0 Å². The molecule has 0 atom stereocenters. The largest absolute Gasteiger partial charge is 0.489 e. The van der Waals surface area contributed by atoms with Gasteiger partial charge in [0.05, 0.1) is 26.7 Å². The van der Waals surface area contributed by atoms with Crippen LogP contribution in [-0.4, -0.2) is 20.4 Å². The van der Waals surface area contributed by atoms with Gasteiger partial charge in [-0.25, -0.2) is 8.42 Å². The average molecular weight is 390 g/mol. The second kappa shape index (κ2) is 6.24. The van der Waals surface area contributed by atoms with E-state index in [0.29, 0.717) is 24.2 Å². The molecule has 130 valence electrons. The molecule has 8 heteroatoms. The van der Waals surface area contributed by atoms with Crippen LogP contribution in [0.3, 0.4) is 0 Å². The third-order valence-electron chi connectivity index (χ3n) is 3.99. The first kappa shape index (κ1) is 17.6. The van der Waals surface area contributed by atoms with E-state index < -0.39 is 15.9 Å². The highest BCUT2D eigenvalue weighted by Crippen LogP contribution is 2.44. The number of benzene rings is 1. The topological polar surface area (TPSA) is 63.7 Å². The number of carbonyl (C=O) groups excluding carboxylic acids is 1. The van der Waals surface area contributed by atoms with Crippen molar-refractivity contribution in [1.82, 2.24) is 0 Å². The normalized spacial score (nSPS) is 19.9. The molecule has 1 heterocycles. The van der Waals surface area contributed by atoms with Crippen LogP contribution in [-0.2, 0) is 14.8 Å². The molecule has 0 aromatic heterocycles. The van der Waals surface area contributed by atoms with Crippen LogP contribution in [0.25, 0.3) is 0 Å². The summed E-state index contributed by atoms with van der Waals surface area (Å²) in [6.07, 6.45) is 2.32. The Bertz CT molecular complexity index is 846. The van der Waals surface area contributed by atoms with E-state index in [1.54, 1.807) is 0 Å². The molecule has 0 bridgehead atoms. The fourth-order valence-electron chi connectivity index (χ4n) is 2.99. The van der Waals surface area contributed by atoms with Crippen LogP contribution in [0, 0.1) is 0 Å². The van der Waals surface area contributed by atoms with Crippen molar-refractivity contribution >= 4 is 44.8 Å². The summed E-state index contributed by atoms with van der Waals surface area (Å²) in [4.78, 5) is 12.9. The lowest BCUT2D eigenvalue weighted by atomic mass is 9.99. The van der Waals surface area contributed by atoms with Crippen molar-refractivity contribution < 1.29 is 17.9 Å². The van der Waals surface area contributed by atoms with E-state index in [-0.39, 0.29) is 26.7 Å². The molecule has 1 aromatic carbocycles. The van der Waals surface area contributed by atoms with Crippen molar-refractivity contribution in [3.8, 4) is 5.75 Å². The first-order chi connectivity index (χ1) is 11.2. The first-order valence-corrected chi connectivity index (χ1v) is 9.90. The van der Waals surface area contributed by atoms with Gasteiger partial charge in [0.1, 0.15) is 5.75 Å². The van der Waals surface area contributed by atoms with E-state index in [4.69, 9.17) is 27.9 Å². The molecule has 1 aliphatic carbocycles. The molecular weight excluding hydrogens is 373 g/mol. The van der Waals surface area contributed by atoms with Gasteiger partial charge in [-0.1, -0.05) is 23.2 Å². The van der Waals surface area contributed by atoms with Gasteiger partial charge in [0.25, 0.3) is 15.9 Å². The number of hydrogen-bond donors (Lipinski definition) is 0. The molecule has 0 saturated carbocycles. The van der Waals surface area contributed by atoms with Crippen LogP contribution < -0.4 is 9.04 Å². The first-order valence-electron chi connectivity index (χ1n) is 7.71. The van der Waals surface area contributed by atoms with Gasteiger partial charge in [-0.05, 0) is 45.6 Å². The second-order valence-electron chi connectivity index (χ2n) is 6.08. The smallest absolute Gasteiger partial charge is 0.269 e. The highest BCUT2D eigenvalue weighted by Gasteiger charge is 2.45. The van der Waals surface area contributed by atoms with Crippen LogP contribution >= 0.6 is 23.2 Å². The van der Waals surface area contributed by atoms with Crippen LogP contribution in [0.2, 0.25) is 10.0 Å². The van der Waals surface area contributed by atoms with E-state index in [2.05, 4.69) is 0 Å². The van der Waals surface area contributed by atoms with Crippen LogP contribution in [0.1, 0.15) is 39.5 Å². The monoisotopic (exact) mass is 389 g/mol. The minimum absolute atomic E-state index is 0.0668. The van der Waals surface area contributed by atoms with Gasteiger partial charge >= 0.3 is 0 Å². The zero-order valence-corrected chi connectivity index (χ0v) is 15.6. The standard InChI is InChI=1S/C16H17Cl2NO4S/c1-9(2)23-14-8-11(17)13(7-12(14)18)19-16(20)10-5-3-4-6-15(10)24(19,21)22/h7-9H,3-6H2,1-2H3. The van der Waals surface area contributed by atoms with Gasteiger partial charge in [-0.3, -0.25) is 4.79 Å². The molecule has 0 radical (unpaired) electrons. The Morgan fingerprint density at radius 3 is 2.42 bits per heavy atom. The summed E-state index contributed by atoms with van der Waals surface area (Å²) in [5.74, 6) is -0.178. The van der Waals surface area contributed by atoms with Crippen molar-refractivity contribution in [3.05, 3.63) is 32.7 Å². The Balaban J connectivity index is 2.07. The van der Waals surface area contributed by atoms with Gasteiger partial charge in [0, 0.05) is 11.6 Å². The van der Waals surface area contributed by atoms with Crippen molar-refractivity contribution in [2.24, 2.45) is 0 Å². The number of sulfonamides is 1. The van der Waals surface area contributed by atoms with E-state index in [0.717, 1.165) is 17.1 Å². The highest BCUT2D eigenvalue weighted by atomic mass is 35.5. The van der Waals surface area contributed by atoms with E-state index in [9.17, 15) is 13.2 Å². The number of rotatable bonds is 3. The SMILES string of the molecule is CC(C)Oc1cc(Cl)c(N2C(=O)C3=C(CCCC3)S2(=O)=O)cc1Cl. The molecule has 0 N–H and O–H groups in total. The fourth-order valence-corrected chi connectivity index (χ4v) is 5.34. The summed E-state index contributed by atoms with van der Waals surface area (Å²) >= 11 is 12.4. The minimum Gasteiger partial charge on any atom is -0.489 e. The van der Waals surface area contributed by atoms with Crippen LogP contribution in [0.5, 0.6) is 5.75 Å². The van der Waals surface area contributed by atoms with E-state index in [1.807, 2.05) is 13.8 Å². The quantitative estimate of drug-likeness (QED) is 0.773. The third kappa shape index (κ3) is 2.80. The summed E-state index contributed by atoms with van der Waals surface area (Å²) < 4.78 is 31.9. The Labute approximate surface area is 151 Å². The fraction of sp³-hybridized carbons (Fsp3) is 0.438. The average Bonchev–Trinajstić information content (AvgIpc) is 2.70. The highest BCUT2D eigenvalue weighted by molar-refractivity contribution is 7.98. The predicted octanol–water partition coefficient (Wildman–Crippen LogP) is 4.29. The summed E-state index contributed by atoms with van der Waals surface area (Å²) in [7, 11) is -3.89. The van der Waals surface area contributed by atoms with E-state index in [1.165, 1.54) is 12.1 Å². The number of carbonyl (C=O) groups is 1. The van der Waals surface area contributed by atoms with Crippen LogP contribution in [0.4, 0.5) is 5.69 Å². The molecule has 0 fully saturated rings. The maximum Gasteiger partial charge on any atom is 0.269 e. The molecule has 1 amide bonds. The molecule has 1 aromatic rings. The summed E-state index contributed by atoms with van der Waals surface area (Å²) in [5.41, 5.74) is 0.438. The molecule has 3 rings (SSSR count). The van der Waals surface area contributed by atoms with Crippen molar-refractivity contribution in [1.29, 1.82) is 0 Å². The van der Waals surface area contributed by atoms with Gasteiger partial charge in [-0.15, -0.1) is 0 Å². The molecule has 5 nitrogen and oxygen atoms in total. The number of amides is 1. The summed E-state index contributed by atoms with van der Waals surface area (Å²) in [5, 5.41) is 0.308. The van der Waals surface area contributed by atoms with E-state index >= 15 is 0 Å². The van der Waals surface area contributed by atoms with Gasteiger partial charge in [0.2, 0.25) is 0 Å². The molecule has 0 spiro atoms. The molecule has 24 heavy (non-hydrogen) atoms. The van der Waals surface area contributed by atoms with Gasteiger partial charge in [0.15, 0.2) is 0 Å². The number of allylic oxidation sites excluding steroid dienone is 1. The number of hydrogen-bond acceptors (Lipinski definition) is 4. The zero-order chi connectivity index (χ0) is 17.6. The molecular formula is C16H17Cl2NO4S. The third-order valence-corrected chi connectivity index (χ3v) is 6.51. The van der Waals surface area contributed by atoms with Crippen molar-refractivity contribution in [2.45, 2.75) is 45.6 Å². The van der Waals surface area contributed by atoms with Crippen molar-refractivity contribution in [2.75, 3.05) is 4.31 Å². The predicted molar refractivity (Wildman–Crippen MR) is 94.1 cm³/mol. The molecule has 0 unspecified atom stereocenters. The number of halogens is 2. The Kier molecular flexibility index (Phi) is 4.57. The molecule has 0 saturated heterocycles. The number of anilines is 1. The molecule has 2 aliphatic rings. The lowest BCUT2D eigenvalue weighted by Gasteiger charge is -2.20. The number of ether oxygens (including phenoxy) is 1. The minimum atomic E-state index is -3.89. The maximum atomic E-state index is 12.8. The summed E-state index contributed by atoms with van der Waals surface area (Å²) in [6.45, 7) is 3.68. The molecule has 1 aliphatic heterocycles. The maximum absolute atomic E-state index is 12.8. The zero-order valence-electron chi connectivity index (χ0n) is 13.3. The summed E-state index contributed by atoms with van der Waals surface area (Å²) in [6, 6.07) is 2.81. The lowest BCUT2D eigenvalue weighted by molar-refractivity contribution is -0.114. The number of nitrogens with zero attached hydrogens (tertiary/aromatic N) is 1. The Hall–Kier alpha value is -1.24. The van der Waals surface area contributed by atoms with Gasteiger partial charge in [-0.2, -0.15) is 4.31 Å². The Morgan fingerprint density at radius 2 is 1.79 bits per heavy atom.